The number of amides is 1. The standard InChI is InChI=1S/C12H18N2O2S/c13-16-9-10-4-1-2-6-14(10)12(15)8-11-5-3-7-17-11/h3,5,7,10H,1-2,4,6,8-9,13H2. The van der Waals surface area contributed by atoms with Gasteiger partial charge in [0.25, 0.3) is 0 Å². The summed E-state index contributed by atoms with van der Waals surface area (Å²) in [5.41, 5.74) is 0. The van der Waals surface area contributed by atoms with Crippen molar-refractivity contribution in [2.45, 2.75) is 31.7 Å². The molecule has 1 aliphatic heterocycles. The average molecular weight is 254 g/mol. The minimum absolute atomic E-state index is 0.154. The fraction of sp³-hybridized carbons (Fsp3) is 0.583. The number of hydrogen-bond donors (Lipinski definition) is 1. The Bertz CT molecular complexity index is 351. The highest BCUT2D eigenvalue weighted by Crippen LogP contribution is 2.19. The van der Waals surface area contributed by atoms with Crippen molar-refractivity contribution in [3.8, 4) is 0 Å². The molecule has 1 atom stereocenters. The third-order valence-electron chi connectivity index (χ3n) is 3.14. The number of thiophene rings is 1. The van der Waals surface area contributed by atoms with E-state index in [1.807, 2.05) is 22.4 Å². The van der Waals surface area contributed by atoms with Gasteiger partial charge in [-0.25, -0.2) is 5.90 Å². The van der Waals surface area contributed by atoms with E-state index in [1.165, 1.54) is 0 Å². The fourth-order valence-electron chi connectivity index (χ4n) is 2.28. The van der Waals surface area contributed by atoms with Gasteiger partial charge in [0.2, 0.25) is 5.91 Å². The van der Waals surface area contributed by atoms with Gasteiger partial charge in [0.05, 0.1) is 19.1 Å². The molecule has 2 rings (SSSR count). The van der Waals surface area contributed by atoms with Crippen molar-refractivity contribution in [3.63, 3.8) is 0 Å². The summed E-state index contributed by atoms with van der Waals surface area (Å²) in [6, 6.07) is 4.13. The van der Waals surface area contributed by atoms with Crippen LogP contribution in [-0.2, 0) is 16.1 Å². The monoisotopic (exact) mass is 254 g/mol. The zero-order valence-electron chi connectivity index (χ0n) is 9.80. The topological polar surface area (TPSA) is 55.6 Å². The Kier molecular flexibility index (Phi) is 4.53. The summed E-state index contributed by atoms with van der Waals surface area (Å²) in [5.74, 6) is 5.31. The molecule has 4 nitrogen and oxygen atoms in total. The maximum Gasteiger partial charge on any atom is 0.228 e. The van der Waals surface area contributed by atoms with Gasteiger partial charge < -0.3 is 9.74 Å². The van der Waals surface area contributed by atoms with E-state index in [0.717, 1.165) is 30.7 Å². The normalized spacial score (nSPS) is 20.5. The molecule has 1 fully saturated rings. The molecule has 1 saturated heterocycles. The van der Waals surface area contributed by atoms with Crippen LogP contribution in [0, 0.1) is 0 Å². The Morgan fingerprint density at radius 1 is 1.59 bits per heavy atom. The summed E-state index contributed by atoms with van der Waals surface area (Å²) in [6.07, 6.45) is 3.72. The smallest absolute Gasteiger partial charge is 0.228 e. The largest absolute Gasteiger partial charge is 0.337 e. The molecule has 1 amide bonds. The van der Waals surface area contributed by atoms with Crippen LogP contribution in [-0.4, -0.2) is 30.0 Å². The number of nitrogens with zero attached hydrogens (tertiary/aromatic N) is 1. The van der Waals surface area contributed by atoms with Crippen LogP contribution < -0.4 is 5.90 Å². The van der Waals surface area contributed by atoms with E-state index >= 15 is 0 Å². The first-order valence-electron chi connectivity index (χ1n) is 5.95. The lowest BCUT2D eigenvalue weighted by Crippen LogP contribution is -2.47. The number of rotatable bonds is 4. The highest BCUT2D eigenvalue weighted by atomic mass is 32.1. The van der Waals surface area contributed by atoms with Gasteiger partial charge in [-0.3, -0.25) is 4.79 Å². The second-order valence-corrected chi connectivity index (χ2v) is 5.36. The molecule has 0 bridgehead atoms. The van der Waals surface area contributed by atoms with Gasteiger partial charge in [0.1, 0.15) is 0 Å². The third-order valence-corrected chi connectivity index (χ3v) is 4.02. The highest BCUT2D eigenvalue weighted by molar-refractivity contribution is 7.10. The Labute approximate surface area is 105 Å². The first kappa shape index (κ1) is 12.5. The molecule has 94 valence electrons. The van der Waals surface area contributed by atoms with Crippen molar-refractivity contribution in [2.75, 3.05) is 13.2 Å². The Hall–Kier alpha value is -0.910. The molecular weight excluding hydrogens is 236 g/mol. The minimum Gasteiger partial charge on any atom is -0.337 e. The Morgan fingerprint density at radius 3 is 3.18 bits per heavy atom. The zero-order chi connectivity index (χ0) is 12.1. The second-order valence-electron chi connectivity index (χ2n) is 4.33. The zero-order valence-corrected chi connectivity index (χ0v) is 10.6. The SMILES string of the molecule is NOCC1CCCCN1C(=O)Cc1cccs1. The molecule has 2 heterocycles. The van der Waals surface area contributed by atoms with Crippen LogP contribution in [0.15, 0.2) is 17.5 Å². The van der Waals surface area contributed by atoms with Crippen LogP contribution in [0.5, 0.6) is 0 Å². The number of carbonyl (C=O) groups is 1. The number of piperidine rings is 1. The lowest BCUT2D eigenvalue weighted by atomic mass is 10.0. The third kappa shape index (κ3) is 3.28. The van der Waals surface area contributed by atoms with Gasteiger partial charge in [-0.1, -0.05) is 6.07 Å². The van der Waals surface area contributed by atoms with Crippen LogP contribution in [0.4, 0.5) is 0 Å². The van der Waals surface area contributed by atoms with Gasteiger partial charge in [-0.05, 0) is 30.7 Å². The van der Waals surface area contributed by atoms with Crippen molar-refractivity contribution in [2.24, 2.45) is 5.90 Å². The van der Waals surface area contributed by atoms with Crippen molar-refractivity contribution in [3.05, 3.63) is 22.4 Å². The summed E-state index contributed by atoms with van der Waals surface area (Å²) in [7, 11) is 0. The van der Waals surface area contributed by atoms with Gasteiger partial charge in [0.15, 0.2) is 0 Å². The van der Waals surface area contributed by atoms with Crippen LogP contribution in [0.25, 0.3) is 0 Å². The quantitative estimate of drug-likeness (QED) is 0.830. The van der Waals surface area contributed by atoms with E-state index < -0.39 is 0 Å². The maximum atomic E-state index is 12.2. The van der Waals surface area contributed by atoms with Crippen LogP contribution in [0.1, 0.15) is 24.1 Å². The molecule has 1 aromatic heterocycles. The van der Waals surface area contributed by atoms with E-state index in [4.69, 9.17) is 10.7 Å². The number of hydrogen-bond acceptors (Lipinski definition) is 4. The van der Waals surface area contributed by atoms with Gasteiger partial charge in [0, 0.05) is 11.4 Å². The summed E-state index contributed by atoms with van der Waals surface area (Å²) in [4.78, 5) is 19.9. The van der Waals surface area contributed by atoms with Crippen LogP contribution in [0.3, 0.4) is 0 Å². The molecular formula is C12H18N2O2S. The van der Waals surface area contributed by atoms with Gasteiger partial charge >= 0.3 is 0 Å². The number of carbonyl (C=O) groups excluding carboxylic acids is 1. The molecule has 2 N–H and O–H groups in total. The molecule has 0 spiro atoms. The van der Waals surface area contributed by atoms with Crippen molar-refractivity contribution in [1.82, 2.24) is 4.90 Å². The fourth-order valence-corrected chi connectivity index (χ4v) is 2.97. The van der Waals surface area contributed by atoms with E-state index in [9.17, 15) is 4.79 Å². The Balaban J connectivity index is 1.96. The highest BCUT2D eigenvalue weighted by Gasteiger charge is 2.26. The summed E-state index contributed by atoms with van der Waals surface area (Å²) in [5, 5.41) is 2.00. The molecule has 0 saturated carbocycles. The molecule has 5 heteroatoms. The number of likely N-dealkylation sites (tertiary alicyclic amines) is 1. The predicted molar refractivity (Wildman–Crippen MR) is 67.5 cm³/mol. The van der Waals surface area contributed by atoms with E-state index in [-0.39, 0.29) is 11.9 Å². The molecule has 17 heavy (non-hydrogen) atoms. The molecule has 1 aromatic rings. The van der Waals surface area contributed by atoms with Gasteiger partial charge in [-0.2, -0.15) is 0 Å². The summed E-state index contributed by atoms with van der Waals surface area (Å²) < 4.78 is 0. The number of nitrogens with two attached hydrogens (primary N) is 1. The van der Waals surface area contributed by atoms with Gasteiger partial charge in [-0.15, -0.1) is 11.3 Å². The van der Waals surface area contributed by atoms with E-state index in [2.05, 4.69) is 0 Å². The molecule has 1 aliphatic rings. The van der Waals surface area contributed by atoms with Crippen LogP contribution in [0.2, 0.25) is 0 Å². The first-order chi connectivity index (χ1) is 8.31. The van der Waals surface area contributed by atoms with Crippen molar-refractivity contribution >= 4 is 17.2 Å². The first-order valence-corrected chi connectivity index (χ1v) is 6.82. The lowest BCUT2D eigenvalue weighted by Gasteiger charge is -2.35. The van der Waals surface area contributed by atoms with Crippen LogP contribution >= 0.6 is 11.3 Å². The molecule has 0 radical (unpaired) electrons. The average Bonchev–Trinajstić information content (AvgIpc) is 2.83. The van der Waals surface area contributed by atoms with Crippen molar-refractivity contribution < 1.29 is 9.63 Å². The maximum absolute atomic E-state index is 12.2. The predicted octanol–water partition coefficient (Wildman–Crippen LogP) is 1.56. The Morgan fingerprint density at radius 2 is 2.47 bits per heavy atom. The lowest BCUT2D eigenvalue weighted by molar-refractivity contribution is -0.135. The summed E-state index contributed by atoms with van der Waals surface area (Å²) >= 11 is 1.63. The molecule has 0 aromatic carbocycles. The molecule has 1 unspecified atom stereocenters. The van der Waals surface area contributed by atoms with E-state index in [1.54, 1.807) is 11.3 Å². The minimum atomic E-state index is 0.154. The molecule has 0 aliphatic carbocycles. The summed E-state index contributed by atoms with van der Waals surface area (Å²) in [6.45, 7) is 1.27. The van der Waals surface area contributed by atoms with E-state index in [0.29, 0.717) is 13.0 Å². The second kappa shape index (κ2) is 6.14. The van der Waals surface area contributed by atoms with Crippen molar-refractivity contribution in [1.29, 1.82) is 0 Å².